The standard InChI is InChI=1S/2C40H25N.C33H20N2/c1-2-9-26(10-3-1)27-19-21-28(22-20-27)30-12-6-13-31(25-30)41-36-18-8-17-35-33-15-5-4-14-32(33)34-16-7-11-29-23-24-37(41)40(38(29)34)39(35)36;1-2-10-26(11-3-1)30-13-4-5-14-31(30)27-20-23-29(24-21-27)41-36-19-9-18-35-33-16-7-6-15-32(33)34-17-8-12-28-22-25-37(41)40(38(28)34)39(35)36;1-2-9-21(10-3-1)27-16-8-18-30(34-27)35-28-17-7-15-26-24-13-5-4-12-23(24)25-14-6-11-22-19-20-29(35)33(31(22)25)32(26)28/h2*1-25H;1-20H. The SMILES string of the molecule is c1ccc(-c2ccc(-c3cccc(-n4c5cccc6c5c5c7c(cccc7ccc54)-c4ccccc4-6)c3)cc2)cc1.c1ccc(-c2cccc(-n3c4cccc5c4c4c6c(cccc6ccc43)-c3ccccc3-5)n2)cc1.c1ccc(-c2ccccc2-c2ccc(-n3c4cccc5c4c4c6c(cccc6ccc43)-c3ccccc3-5)cc2)cc1. The Bertz CT molecular complexity index is 8020. The van der Waals surface area contributed by atoms with E-state index < -0.39 is 0 Å². The highest BCUT2D eigenvalue weighted by Crippen LogP contribution is 2.54. The molecule has 0 fully saturated rings. The fraction of sp³-hybridized carbons (Fsp3) is 0. The molecule has 3 aliphatic carbocycles. The van der Waals surface area contributed by atoms with E-state index in [1.165, 1.54) is 220 Å². The minimum atomic E-state index is 0.939. The zero-order valence-electron chi connectivity index (χ0n) is 63.7. The molecule has 23 aromatic rings. The van der Waals surface area contributed by atoms with E-state index in [1.54, 1.807) is 0 Å². The lowest BCUT2D eigenvalue weighted by atomic mass is 9.93. The Morgan fingerprint density at radius 1 is 0.145 bits per heavy atom. The van der Waals surface area contributed by atoms with E-state index in [4.69, 9.17) is 4.98 Å². The van der Waals surface area contributed by atoms with Crippen LogP contribution in [0, 0.1) is 0 Å². The number of benzene rings is 19. The van der Waals surface area contributed by atoms with Crippen LogP contribution in [0.3, 0.4) is 0 Å². The van der Waals surface area contributed by atoms with Crippen molar-refractivity contribution in [3.63, 3.8) is 0 Å². The molecule has 4 heteroatoms. The van der Waals surface area contributed by atoms with Crippen molar-refractivity contribution in [2.24, 2.45) is 0 Å². The van der Waals surface area contributed by atoms with Crippen LogP contribution >= 0.6 is 0 Å². The van der Waals surface area contributed by atoms with Crippen LogP contribution in [0.5, 0.6) is 0 Å². The van der Waals surface area contributed by atoms with E-state index in [2.05, 4.69) is 432 Å². The van der Waals surface area contributed by atoms with E-state index in [1.807, 2.05) is 6.07 Å². The summed E-state index contributed by atoms with van der Waals surface area (Å²) in [5.41, 5.74) is 37.3. The van der Waals surface area contributed by atoms with Gasteiger partial charge in [-0.05, 0) is 216 Å². The average Bonchev–Trinajstić information content (AvgIpc) is 1.56. The Balaban J connectivity index is 0.000000101. The molecule has 117 heavy (non-hydrogen) atoms. The summed E-state index contributed by atoms with van der Waals surface area (Å²) in [5.74, 6) is 0.939. The van der Waals surface area contributed by atoms with E-state index in [0.29, 0.717) is 0 Å². The van der Waals surface area contributed by atoms with Gasteiger partial charge in [-0.3, -0.25) is 4.57 Å². The van der Waals surface area contributed by atoms with E-state index in [0.717, 1.165) is 17.1 Å². The molecule has 0 bridgehead atoms. The Morgan fingerprint density at radius 2 is 0.436 bits per heavy atom. The Kier molecular flexibility index (Phi) is 15.0. The molecule has 0 radical (unpaired) electrons. The largest absolute Gasteiger partial charge is 0.309 e. The summed E-state index contributed by atoms with van der Waals surface area (Å²) in [6.45, 7) is 0. The smallest absolute Gasteiger partial charge is 0.138 e. The molecule has 0 saturated carbocycles. The van der Waals surface area contributed by atoms with E-state index in [9.17, 15) is 0 Å². The summed E-state index contributed by atoms with van der Waals surface area (Å²) >= 11 is 0. The highest BCUT2D eigenvalue weighted by molar-refractivity contribution is 6.33. The molecule has 0 aliphatic heterocycles. The van der Waals surface area contributed by atoms with Gasteiger partial charge in [0, 0.05) is 49.3 Å². The van der Waals surface area contributed by atoms with Crippen LogP contribution in [0.1, 0.15) is 0 Å². The summed E-state index contributed by atoms with van der Waals surface area (Å²) in [4.78, 5) is 5.14. The maximum Gasteiger partial charge on any atom is 0.138 e. The molecule has 0 spiro atoms. The second-order valence-electron chi connectivity index (χ2n) is 31.0. The maximum absolute atomic E-state index is 5.14. The van der Waals surface area contributed by atoms with Crippen LogP contribution in [0.2, 0.25) is 0 Å². The molecule has 3 aliphatic rings. The van der Waals surface area contributed by atoms with Crippen LogP contribution in [-0.2, 0) is 0 Å². The fourth-order valence-corrected chi connectivity index (χ4v) is 19.8. The van der Waals surface area contributed by atoms with Gasteiger partial charge in [0.1, 0.15) is 5.82 Å². The van der Waals surface area contributed by atoms with Crippen molar-refractivity contribution >= 4 is 97.7 Å². The van der Waals surface area contributed by atoms with Gasteiger partial charge < -0.3 is 9.13 Å². The highest BCUT2D eigenvalue weighted by Gasteiger charge is 2.29. The summed E-state index contributed by atoms with van der Waals surface area (Å²) < 4.78 is 7.25. The van der Waals surface area contributed by atoms with Crippen LogP contribution < -0.4 is 0 Å². The Morgan fingerprint density at radius 3 is 0.880 bits per heavy atom. The molecule has 4 aromatic heterocycles. The van der Waals surface area contributed by atoms with Gasteiger partial charge in [0.25, 0.3) is 0 Å². The topological polar surface area (TPSA) is 27.7 Å². The first-order valence-corrected chi connectivity index (χ1v) is 40.4. The minimum absolute atomic E-state index is 0.939. The van der Waals surface area contributed by atoms with Crippen LogP contribution in [0.15, 0.2) is 425 Å². The number of hydrogen-bond acceptors (Lipinski definition) is 1. The lowest BCUT2D eigenvalue weighted by molar-refractivity contribution is 1.08. The quantitative estimate of drug-likeness (QED) is 0.149. The molecule has 26 rings (SSSR count). The molecular formula is C113H70N4. The molecule has 0 N–H and O–H groups in total. The monoisotopic (exact) mass is 1480 g/mol. The zero-order valence-corrected chi connectivity index (χ0v) is 63.7. The van der Waals surface area contributed by atoms with Crippen molar-refractivity contribution in [2.45, 2.75) is 0 Å². The number of hydrogen-bond donors (Lipinski definition) is 0. The van der Waals surface area contributed by atoms with Gasteiger partial charge in [-0.1, -0.05) is 352 Å². The first-order valence-electron chi connectivity index (χ1n) is 40.4. The Labute approximate surface area is 676 Å². The zero-order chi connectivity index (χ0) is 76.8. The van der Waals surface area contributed by atoms with Crippen molar-refractivity contribution in [2.75, 3.05) is 0 Å². The fourth-order valence-electron chi connectivity index (χ4n) is 19.8. The lowest BCUT2D eigenvalue weighted by Gasteiger charge is -2.14. The molecule has 4 heterocycles. The molecule has 19 aromatic carbocycles. The van der Waals surface area contributed by atoms with Gasteiger partial charge in [0.05, 0.1) is 38.8 Å². The van der Waals surface area contributed by atoms with Gasteiger partial charge in [0.15, 0.2) is 0 Å². The lowest BCUT2D eigenvalue weighted by Crippen LogP contribution is -1.99. The summed E-state index contributed by atoms with van der Waals surface area (Å²) in [6.07, 6.45) is 0. The molecule has 542 valence electrons. The molecule has 0 amide bonds. The van der Waals surface area contributed by atoms with Crippen LogP contribution in [-0.4, -0.2) is 18.7 Å². The molecule has 4 nitrogen and oxygen atoms in total. The van der Waals surface area contributed by atoms with E-state index >= 15 is 0 Å². The van der Waals surface area contributed by atoms with Crippen LogP contribution in [0.4, 0.5) is 0 Å². The predicted molar refractivity (Wildman–Crippen MR) is 493 cm³/mol. The predicted octanol–water partition coefficient (Wildman–Crippen LogP) is 30.5. The summed E-state index contributed by atoms with van der Waals surface area (Å²) in [5, 5.41) is 15.8. The second kappa shape index (κ2) is 26.6. The van der Waals surface area contributed by atoms with E-state index in [-0.39, 0.29) is 0 Å². The Hall–Kier alpha value is -15.5. The first kappa shape index (κ1) is 66.1. The van der Waals surface area contributed by atoms with Gasteiger partial charge in [0.2, 0.25) is 0 Å². The maximum atomic E-state index is 5.14. The molecule has 0 unspecified atom stereocenters. The number of pyridine rings is 1. The second-order valence-corrected chi connectivity index (χ2v) is 31.0. The molecule has 0 atom stereocenters. The van der Waals surface area contributed by atoms with Crippen molar-refractivity contribution in [1.29, 1.82) is 0 Å². The highest BCUT2D eigenvalue weighted by atomic mass is 15.1. The van der Waals surface area contributed by atoms with Crippen molar-refractivity contribution < 1.29 is 0 Å². The van der Waals surface area contributed by atoms with Crippen molar-refractivity contribution in [1.82, 2.24) is 18.7 Å². The summed E-state index contributed by atoms with van der Waals surface area (Å²) in [6, 6.07) is 154. The third-order valence-corrected chi connectivity index (χ3v) is 24.8. The van der Waals surface area contributed by atoms with Gasteiger partial charge in [-0.15, -0.1) is 0 Å². The van der Waals surface area contributed by atoms with Gasteiger partial charge in [-0.2, -0.15) is 0 Å². The first-order chi connectivity index (χ1) is 58.1. The van der Waals surface area contributed by atoms with Crippen molar-refractivity contribution in [3.8, 4) is 140 Å². The van der Waals surface area contributed by atoms with Gasteiger partial charge >= 0.3 is 0 Å². The van der Waals surface area contributed by atoms with Gasteiger partial charge in [-0.25, -0.2) is 4.98 Å². The summed E-state index contributed by atoms with van der Waals surface area (Å²) in [7, 11) is 0. The number of rotatable bonds is 8. The molecular weight excluding hydrogens is 1410 g/mol. The normalized spacial score (nSPS) is 11.9. The number of aromatic nitrogens is 4. The van der Waals surface area contributed by atoms with Crippen LogP contribution in [0.25, 0.3) is 237 Å². The average molecular weight is 1480 g/mol. The molecule has 0 saturated heterocycles. The van der Waals surface area contributed by atoms with Crippen molar-refractivity contribution in [3.05, 3.63) is 425 Å². The minimum Gasteiger partial charge on any atom is -0.309 e. The third kappa shape index (κ3) is 10.3. The third-order valence-electron chi connectivity index (χ3n) is 24.8. The number of fused-ring (bicyclic) bond motifs is 9. The number of nitrogens with zero attached hydrogens (tertiary/aromatic N) is 4.